The van der Waals surface area contributed by atoms with Gasteiger partial charge in [0.15, 0.2) is 14.1 Å². The molecule has 0 aliphatic rings. The number of carbonyl (C=O) groups is 1. The molecule has 3 rings (SSSR count). The molecule has 0 radical (unpaired) electrons. The minimum absolute atomic E-state index is 0.0312. The van der Waals surface area contributed by atoms with Crippen LogP contribution in [-0.2, 0) is 0 Å². The van der Waals surface area contributed by atoms with E-state index in [-0.39, 0.29) is 11.6 Å². The maximum absolute atomic E-state index is 12.9. The van der Waals surface area contributed by atoms with Crippen LogP contribution in [-0.4, -0.2) is 21.3 Å². The van der Waals surface area contributed by atoms with Gasteiger partial charge in [-0.05, 0) is 61.5 Å². The summed E-state index contributed by atoms with van der Waals surface area (Å²) in [4.78, 5) is 12.1. The lowest BCUT2D eigenvalue weighted by Gasteiger charge is -2.04. The molecule has 0 spiro atoms. The van der Waals surface area contributed by atoms with E-state index in [1.54, 1.807) is 16.4 Å². The molecule has 7 heteroatoms. The first-order valence-corrected chi connectivity index (χ1v) is 10.3. The zero-order valence-corrected chi connectivity index (χ0v) is 16.6. The maximum Gasteiger partial charge on any atom is 0.184 e. The number of benzene rings is 2. The van der Waals surface area contributed by atoms with E-state index in [4.69, 9.17) is 12.2 Å². The molecule has 134 valence electrons. The van der Waals surface area contributed by atoms with Crippen molar-refractivity contribution in [2.75, 3.05) is 5.75 Å². The van der Waals surface area contributed by atoms with Gasteiger partial charge in [0.05, 0.1) is 5.69 Å². The molecule has 0 saturated carbocycles. The number of hydrogen-bond donors (Lipinski definition) is 0. The van der Waals surface area contributed by atoms with E-state index in [1.807, 2.05) is 31.2 Å². The lowest BCUT2D eigenvalue weighted by molar-refractivity contribution is 0.0982. The summed E-state index contributed by atoms with van der Waals surface area (Å²) in [5, 5.41) is 4.59. The van der Waals surface area contributed by atoms with Crippen molar-refractivity contribution in [3.8, 4) is 5.69 Å². The summed E-state index contributed by atoms with van der Waals surface area (Å²) in [6.07, 6.45) is 1.17. The number of aromatic nitrogens is 2. The van der Waals surface area contributed by atoms with Crippen LogP contribution in [0.1, 0.15) is 28.8 Å². The Morgan fingerprint density at radius 3 is 2.69 bits per heavy atom. The summed E-state index contributed by atoms with van der Waals surface area (Å²) in [7, 11) is 0. The van der Waals surface area contributed by atoms with Crippen molar-refractivity contribution in [3.05, 3.63) is 69.4 Å². The van der Waals surface area contributed by atoms with E-state index in [1.165, 1.54) is 35.6 Å². The number of halogens is 1. The van der Waals surface area contributed by atoms with Gasteiger partial charge in [-0.1, -0.05) is 41.3 Å². The van der Waals surface area contributed by atoms with Crippen LogP contribution in [0.15, 0.2) is 52.9 Å². The van der Waals surface area contributed by atoms with Crippen LogP contribution in [0.25, 0.3) is 5.69 Å². The largest absolute Gasteiger partial charge is 0.294 e. The SMILES string of the molecule is Cc1ccccc1-n1nc(SCCCC(=O)c2ccc(F)cc2)sc1=S. The summed E-state index contributed by atoms with van der Waals surface area (Å²) >= 11 is 8.51. The second-order valence-corrected chi connectivity index (χ2v) is 8.68. The Balaban J connectivity index is 1.55. The van der Waals surface area contributed by atoms with Crippen LogP contribution in [0.5, 0.6) is 0 Å². The Morgan fingerprint density at radius 1 is 1.23 bits per heavy atom. The number of nitrogens with zero attached hydrogens (tertiary/aromatic N) is 2. The molecule has 0 N–H and O–H groups in total. The van der Waals surface area contributed by atoms with Gasteiger partial charge < -0.3 is 0 Å². The molecule has 0 unspecified atom stereocenters. The highest BCUT2D eigenvalue weighted by Gasteiger charge is 2.09. The topological polar surface area (TPSA) is 34.9 Å². The van der Waals surface area contributed by atoms with Crippen molar-refractivity contribution in [3.63, 3.8) is 0 Å². The lowest BCUT2D eigenvalue weighted by atomic mass is 10.1. The molecule has 3 aromatic rings. The van der Waals surface area contributed by atoms with Gasteiger partial charge in [0.2, 0.25) is 0 Å². The summed E-state index contributed by atoms with van der Waals surface area (Å²) in [5.41, 5.74) is 2.67. The summed E-state index contributed by atoms with van der Waals surface area (Å²) < 4.78 is 16.3. The Labute approximate surface area is 164 Å². The van der Waals surface area contributed by atoms with Crippen molar-refractivity contribution in [1.29, 1.82) is 0 Å². The van der Waals surface area contributed by atoms with Gasteiger partial charge in [-0.25, -0.2) is 9.07 Å². The molecule has 0 bridgehead atoms. The number of carbonyl (C=O) groups excluding carboxylic acids is 1. The van der Waals surface area contributed by atoms with Gasteiger partial charge in [0.25, 0.3) is 0 Å². The first kappa shape index (κ1) is 18.9. The molecule has 0 atom stereocenters. The molecule has 0 aliphatic carbocycles. The second-order valence-electron chi connectivity index (χ2n) is 5.71. The van der Waals surface area contributed by atoms with E-state index in [9.17, 15) is 9.18 Å². The molecule has 0 aliphatic heterocycles. The van der Waals surface area contributed by atoms with Crippen LogP contribution in [0.4, 0.5) is 4.39 Å². The number of hydrogen-bond acceptors (Lipinski definition) is 5. The smallest absolute Gasteiger partial charge is 0.184 e. The van der Waals surface area contributed by atoms with Gasteiger partial charge in [0.1, 0.15) is 5.82 Å². The van der Waals surface area contributed by atoms with Crippen LogP contribution < -0.4 is 0 Å². The standard InChI is InChI=1S/C19H17FN2OS3/c1-13-5-2-3-6-16(13)22-19(24)26-18(21-22)25-12-4-7-17(23)14-8-10-15(20)11-9-14/h2-3,5-6,8-11H,4,7,12H2,1H3. The zero-order chi connectivity index (χ0) is 18.5. The Bertz CT molecular complexity index is 963. The molecular weight excluding hydrogens is 387 g/mol. The maximum atomic E-state index is 12.9. The quantitative estimate of drug-likeness (QED) is 0.214. The minimum Gasteiger partial charge on any atom is -0.294 e. The fourth-order valence-electron chi connectivity index (χ4n) is 2.44. The van der Waals surface area contributed by atoms with E-state index in [0.717, 1.165) is 27.8 Å². The van der Waals surface area contributed by atoms with E-state index >= 15 is 0 Å². The molecular formula is C19H17FN2OS3. The average molecular weight is 405 g/mol. The molecule has 3 nitrogen and oxygen atoms in total. The summed E-state index contributed by atoms with van der Waals surface area (Å²) in [5.74, 6) is 0.481. The second kappa shape index (κ2) is 8.70. The van der Waals surface area contributed by atoms with Gasteiger partial charge >= 0.3 is 0 Å². The predicted octanol–water partition coefficient (Wildman–Crippen LogP) is 5.87. The third-order valence-corrected chi connectivity index (χ3v) is 6.26. The molecule has 2 aromatic carbocycles. The van der Waals surface area contributed by atoms with Gasteiger partial charge in [-0.3, -0.25) is 4.79 Å². The number of thioether (sulfide) groups is 1. The normalized spacial score (nSPS) is 10.8. The van der Waals surface area contributed by atoms with Crippen LogP contribution in [0, 0.1) is 16.7 Å². The fourth-order valence-corrected chi connectivity index (χ4v) is 4.80. The van der Waals surface area contributed by atoms with Gasteiger partial charge in [-0.2, -0.15) is 0 Å². The highest BCUT2D eigenvalue weighted by Crippen LogP contribution is 2.26. The monoisotopic (exact) mass is 404 g/mol. The number of ketones is 1. The molecule has 26 heavy (non-hydrogen) atoms. The number of aryl methyl sites for hydroxylation is 1. The lowest BCUT2D eigenvalue weighted by Crippen LogP contribution is -2.00. The number of para-hydroxylation sites is 1. The summed E-state index contributed by atoms with van der Waals surface area (Å²) in [6, 6.07) is 13.7. The summed E-state index contributed by atoms with van der Waals surface area (Å²) in [6.45, 7) is 2.03. The highest BCUT2D eigenvalue weighted by molar-refractivity contribution is 8.01. The van der Waals surface area contributed by atoms with E-state index in [2.05, 4.69) is 5.10 Å². The van der Waals surface area contributed by atoms with Crippen LogP contribution >= 0.6 is 35.3 Å². The van der Waals surface area contributed by atoms with Crippen molar-refractivity contribution in [2.45, 2.75) is 24.1 Å². The molecule has 1 aromatic heterocycles. The van der Waals surface area contributed by atoms with Crippen molar-refractivity contribution in [2.24, 2.45) is 0 Å². The molecule has 0 amide bonds. The fraction of sp³-hybridized carbons (Fsp3) is 0.211. The van der Waals surface area contributed by atoms with Gasteiger partial charge in [0, 0.05) is 17.7 Å². The Hall–Kier alpha value is -1.83. The highest BCUT2D eigenvalue weighted by atomic mass is 32.2. The van der Waals surface area contributed by atoms with Crippen LogP contribution in [0.2, 0.25) is 0 Å². The molecule has 1 heterocycles. The third-order valence-electron chi connectivity index (χ3n) is 3.81. The first-order valence-electron chi connectivity index (χ1n) is 8.12. The number of rotatable bonds is 7. The van der Waals surface area contributed by atoms with Gasteiger partial charge in [-0.15, -0.1) is 5.10 Å². The molecule has 0 saturated heterocycles. The third kappa shape index (κ3) is 4.66. The Kier molecular flexibility index (Phi) is 6.34. The zero-order valence-electron chi connectivity index (χ0n) is 14.1. The van der Waals surface area contributed by atoms with Crippen molar-refractivity contribution >= 4 is 41.1 Å². The predicted molar refractivity (Wildman–Crippen MR) is 108 cm³/mol. The number of Topliss-reactive ketones (excluding diaryl/α,β-unsaturated/α-hetero) is 1. The van der Waals surface area contributed by atoms with Crippen molar-refractivity contribution in [1.82, 2.24) is 9.78 Å². The van der Waals surface area contributed by atoms with E-state index in [0.29, 0.717) is 15.9 Å². The van der Waals surface area contributed by atoms with Crippen LogP contribution in [0.3, 0.4) is 0 Å². The Morgan fingerprint density at radius 2 is 1.96 bits per heavy atom. The first-order chi connectivity index (χ1) is 12.5. The molecule has 0 fully saturated rings. The average Bonchev–Trinajstić information content (AvgIpc) is 3.00. The van der Waals surface area contributed by atoms with E-state index < -0.39 is 0 Å². The minimum atomic E-state index is -0.331. The van der Waals surface area contributed by atoms with Crippen molar-refractivity contribution < 1.29 is 9.18 Å².